The van der Waals surface area contributed by atoms with E-state index in [-0.39, 0.29) is 36.6 Å². The Morgan fingerprint density at radius 1 is 1.38 bits per heavy atom. The molecule has 128 valence electrons. The summed E-state index contributed by atoms with van der Waals surface area (Å²) in [6.45, 7) is 0.739. The summed E-state index contributed by atoms with van der Waals surface area (Å²) in [6.07, 6.45) is 1.20. The molecule has 7 nitrogen and oxygen atoms in total. The van der Waals surface area contributed by atoms with E-state index in [1.54, 1.807) is 18.2 Å². The zero-order valence-electron chi connectivity index (χ0n) is 13.7. The SMILES string of the molecule is CN(C)[C@@H]1[C@@H](NC(=O)c2ccc3c(c2)OCC(=O)N3)[C@H]2CCO[C@H]21. The quantitative estimate of drug-likeness (QED) is 0.841. The first-order chi connectivity index (χ1) is 11.5. The highest BCUT2D eigenvalue weighted by Gasteiger charge is 2.55. The van der Waals surface area contributed by atoms with Crippen LogP contribution in [0.5, 0.6) is 5.75 Å². The Balaban J connectivity index is 1.49. The summed E-state index contributed by atoms with van der Waals surface area (Å²) in [4.78, 5) is 26.1. The molecule has 0 spiro atoms. The maximum Gasteiger partial charge on any atom is 0.262 e. The number of nitrogens with one attached hydrogen (secondary N) is 2. The Kier molecular flexibility index (Phi) is 3.69. The fraction of sp³-hybridized carbons (Fsp3) is 0.529. The van der Waals surface area contributed by atoms with Crippen molar-refractivity contribution in [2.75, 3.05) is 32.6 Å². The highest BCUT2D eigenvalue weighted by molar-refractivity contribution is 5.99. The number of rotatable bonds is 3. The van der Waals surface area contributed by atoms with Crippen LogP contribution in [-0.4, -0.2) is 62.2 Å². The summed E-state index contributed by atoms with van der Waals surface area (Å²) in [5, 5.41) is 5.87. The van der Waals surface area contributed by atoms with Crippen molar-refractivity contribution in [3.05, 3.63) is 23.8 Å². The second-order valence-electron chi connectivity index (χ2n) is 6.79. The van der Waals surface area contributed by atoms with Crippen molar-refractivity contribution >= 4 is 17.5 Å². The highest BCUT2D eigenvalue weighted by Crippen LogP contribution is 2.41. The number of benzene rings is 1. The number of carbonyl (C=O) groups excluding carboxylic acids is 2. The standard InChI is InChI=1S/C17H21N3O4/c1-20(2)15-14(10-5-6-23-16(10)15)19-17(22)9-3-4-11-12(7-9)24-8-13(21)18-11/h3-4,7,10,14-16H,5-6,8H2,1-2H3,(H,18,21)(H,19,22)/t10-,14+,15-,16-/m1/s1. The van der Waals surface area contributed by atoms with Gasteiger partial charge in [-0.15, -0.1) is 0 Å². The maximum absolute atomic E-state index is 12.6. The lowest BCUT2D eigenvalue weighted by Gasteiger charge is -2.50. The van der Waals surface area contributed by atoms with Crippen LogP contribution in [0.15, 0.2) is 18.2 Å². The summed E-state index contributed by atoms with van der Waals surface area (Å²) >= 11 is 0. The molecule has 1 aromatic rings. The fourth-order valence-corrected chi connectivity index (χ4v) is 3.93. The van der Waals surface area contributed by atoms with Gasteiger partial charge in [-0.05, 0) is 38.7 Å². The molecule has 0 radical (unpaired) electrons. The van der Waals surface area contributed by atoms with Crippen LogP contribution in [0.3, 0.4) is 0 Å². The number of carbonyl (C=O) groups is 2. The minimum absolute atomic E-state index is 0.0233. The molecule has 4 rings (SSSR count). The molecular weight excluding hydrogens is 310 g/mol. The lowest BCUT2D eigenvalue weighted by atomic mass is 9.71. The molecular formula is C17H21N3O4. The molecule has 24 heavy (non-hydrogen) atoms. The molecule has 1 aromatic carbocycles. The van der Waals surface area contributed by atoms with Crippen molar-refractivity contribution in [2.24, 2.45) is 5.92 Å². The minimum Gasteiger partial charge on any atom is -0.482 e. The smallest absolute Gasteiger partial charge is 0.262 e. The van der Waals surface area contributed by atoms with Crippen molar-refractivity contribution in [3.8, 4) is 5.75 Å². The molecule has 2 fully saturated rings. The summed E-state index contributed by atoms with van der Waals surface area (Å²) in [7, 11) is 4.02. The van der Waals surface area contributed by atoms with E-state index < -0.39 is 0 Å². The molecule has 0 aromatic heterocycles. The number of ether oxygens (including phenoxy) is 2. The van der Waals surface area contributed by atoms with Crippen molar-refractivity contribution < 1.29 is 19.1 Å². The third-order valence-corrected chi connectivity index (χ3v) is 5.12. The molecule has 7 heteroatoms. The van der Waals surface area contributed by atoms with Gasteiger partial charge in [0.2, 0.25) is 0 Å². The highest BCUT2D eigenvalue weighted by atomic mass is 16.5. The normalized spacial score (nSPS) is 30.7. The van der Waals surface area contributed by atoms with Gasteiger partial charge in [0.05, 0.1) is 23.9 Å². The zero-order chi connectivity index (χ0) is 16.8. The molecule has 2 amide bonds. The van der Waals surface area contributed by atoms with Crippen molar-refractivity contribution in [3.63, 3.8) is 0 Å². The third kappa shape index (κ3) is 2.44. The van der Waals surface area contributed by atoms with Gasteiger partial charge in [0.1, 0.15) is 5.75 Å². The van der Waals surface area contributed by atoms with Gasteiger partial charge >= 0.3 is 0 Å². The van der Waals surface area contributed by atoms with Crippen LogP contribution in [0.2, 0.25) is 0 Å². The second kappa shape index (κ2) is 5.75. The van der Waals surface area contributed by atoms with Gasteiger partial charge in [0, 0.05) is 18.1 Å². The van der Waals surface area contributed by atoms with E-state index in [1.165, 1.54) is 0 Å². The van der Waals surface area contributed by atoms with Crippen LogP contribution in [0, 0.1) is 5.92 Å². The van der Waals surface area contributed by atoms with E-state index >= 15 is 0 Å². The van der Waals surface area contributed by atoms with Crippen LogP contribution >= 0.6 is 0 Å². The minimum atomic E-state index is -0.185. The fourth-order valence-electron chi connectivity index (χ4n) is 3.93. The number of amides is 2. The van der Waals surface area contributed by atoms with Gasteiger partial charge in [0.15, 0.2) is 6.61 Å². The summed E-state index contributed by atoms with van der Waals surface area (Å²) in [6, 6.07) is 5.38. The molecule has 2 N–H and O–H groups in total. The summed E-state index contributed by atoms with van der Waals surface area (Å²) in [5.74, 6) is 0.604. The van der Waals surface area contributed by atoms with Crippen LogP contribution < -0.4 is 15.4 Å². The van der Waals surface area contributed by atoms with Crippen molar-refractivity contribution in [1.29, 1.82) is 0 Å². The zero-order valence-corrected chi connectivity index (χ0v) is 13.7. The second-order valence-corrected chi connectivity index (χ2v) is 6.79. The Morgan fingerprint density at radius 3 is 3.00 bits per heavy atom. The van der Waals surface area contributed by atoms with E-state index in [0.717, 1.165) is 13.0 Å². The topological polar surface area (TPSA) is 79.9 Å². The number of fused-ring (bicyclic) bond motifs is 2. The third-order valence-electron chi connectivity index (χ3n) is 5.12. The molecule has 4 atom stereocenters. The van der Waals surface area contributed by atoms with Crippen molar-refractivity contribution in [2.45, 2.75) is 24.6 Å². The molecule has 2 heterocycles. The van der Waals surface area contributed by atoms with Gasteiger partial charge in [-0.1, -0.05) is 0 Å². The lowest BCUT2D eigenvalue weighted by Crippen LogP contribution is -2.69. The Hall–Kier alpha value is -2.12. The average molecular weight is 331 g/mol. The molecule has 0 bridgehead atoms. The Morgan fingerprint density at radius 2 is 2.21 bits per heavy atom. The maximum atomic E-state index is 12.6. The van der Waals surface area contributed by atoms with E-state index in [2.05, 4.69) is 15.5 Å². The lowest BCUT2D eigenvalue weighted by molar-refractivity contribution is -0.118. The van der Waals surface area contributed by atoms with Crippen LogP contribution in [0.4, 0.5) is 5.69 Å². The van der Waals surface area contributed by atoms with E-state index in [9.17, 15) is 9.59 Å². The number of anilines is 1. The van der Waals surface area contributed by atoms with Crippen LogP contribution in [0.25, 0.3) is 0 Å². The number of hydrogen-bond acceptors (Lipinski definition) is 5. The first-order valence-electron chi connectivity index (χ1n) is 8.20. The first-order valence-corrected chi connectivity index (χ1v) is 8.20. The van der Waals surface area contributed by atoms with Gasteiger partial charge < -0.3 is 25.0 Å². The van der Waals surface area contributed by atoms with E-state index in [0.29, 0.717) is 22.9 Å². The van der Waals surface area contributed by atoms with Gasteiger partial charge in [0.25, 0.3) is 11.8 Å². The number of nitrogens with zero attached hydrogens (tertiary/aromatic N) is 1. The predicted molar refractivity (Wildman–Crippen MR) is 87.1 cm³/mol. The molecule has 1 aliphatic carbocycles. The molecule has 1 saturated carbocycles. The predicted octanol–water partition coefficient (Wildman–Crippen LogP) is 0.465. The van der Waals surface area contributed by atoms with Gasteiger partial charge in [-0.3, -0.25) is 9.59 Å². The largest absolute Gasteiger partial charge is 0.482 e. The number of likely N-dealkylation sites (N-methyl/N-ethyl adjacent to an activating group) is 1. The summed E-state index contributed by atoms with van der Waals surface area (Å²) < 4.78 is 11.2. The Labute approximate surface area is 140 Å². The Bertz CT molecular complexity index is 690. The molecule has 1 saturated heterocycles. The number of hydrogen-bond donors (Lipinski definition) is 2. The van der Waals surface area contributed by atoms with Crippen LogP contribution in [0.1, 0.15) is 16.8 Å². The summed E-state index contributed by atoms with van der Waals surface area (Å²) in [5.41, 5.74) is 1.13. The molecule has 3 aliphatic rings. The monoisotopic (exact) mass is 331 g/mol. The molecule has 0 unspecified atom stereocenters. The van der Waals surface area contributed by atoms with Crippen LogP contribution in [-0.2, 0) is 9.53 Å². The molecule has 2 aliphatic heterocycles. The van der Waals surface area contributed by atoms with E-state index in [1.807, 2.05) is 14.1 Å². The van der Waals surface area contributed by atoms with Crippen molar-refractivity contribution in [1.82, 2.24) is 10.2 Å². The average Bonchev–Trinajstić information content (AvgIpc) is 2.95. The van der Waals surface area contributed by atoms with Gasteiger partial charge in [-0.25, -0.2) is 0 Å². The first kappa shape index (κ1) is 15.4. The van der Waals surface area contributed by atoms with Gasteiger partial charge in [-0.2, -0.15) is 0 Å². The van der Waals surface area contributed by atoms with E-state index in [4.69, 9.17) is 9.47 Å².